The van der Waals surface area contributed by atoms with E-state index in [0.717, 1.165) is 0 Å². The Morgan fingerprint density at radius 3 is 2.38 bits per heavy atom. The monoisotopic (exact) mass is 135 g/mol. The van der Waals surface area contributed by atoms with E-state index in [2.05, 4.69) is 6.42 Å². The topological polar surface area (TPSA) is 66.4 Å². The lowest BCUT2D eigenvalue weighted by Crippen LogP contribution is -2.22. The van der Waals surface area contributed by atoms with E-state index < -0.39 is 10.3 Å². The van der Waals surface area contributed by atoms with Crippen LogP contribution in [0.15, 0.2) is 0 Å². The minimum Gasteiger partial charge on any atom is -0.273 e. The molecule has 0 saturated carbocycles. The highest BCUT2D eigenvalue weighted by Gasteiger charge is 1.96. The molecule has 0 heterocycles. The third-order valence-electron chi connectivity index (χ3n) is 0.357. The van der Waals surface area contributed by atoms with Crippen molar-refractivity contribution < 1.29 is 13.0 Å². The van der Waals surface area contributed by atoms with Gasteiger partial charge in [-0.15, -0.1) is 6.42 Å². The fraction of sp³-hybridized carbons (Fsp3) is 0.333. The van der Waals surface area contributed by atoms with Crippen LogP contribution in [0.1, 0.15) is 0 Å². The van der Waals surface area contributed by atoms with Crippen molar-refractivity contribution in [3.8, 4) is 12.3 Å². The van der Waals surface area contributed by atoms with E-state index >= 15 is 0 Å². The summed E-state index contributed by atoms with van der Waals surface area (Å²) in [6.07, 6.45) is 4.65. The van der Waals surface area contributed by atoms with Crippen LogP contribution in [0.2, 0.25) is 0 Å². The first kappa shape index (κ1) is 7.43. The van der Waals surface area contributed by atoms with Gasteiger partial charge in [-0.25, -0.2) is 0 Å². The van der Waals surface area contributed by atoms with Crippen molar-refractivity contribution >= 4 is 10.3 Å². The van der Waals surface area contributed by atoms with Crippen LogP contribution in [0.5, 0.6) is 0 Å². The standard InChI is InChI=1S/C3H5NO3S/c1-2-3-4-8(5,6)7/h1,4H,3H2,(H,5,6,7). The summed E-state index contributed by atoms with van der Waals surface area (Å²) in [4.78, 5) is 0. The second-order valence-electron chi connectivity index (χ2n) is 1.00. The zero-order chi connectivity index (χ0) is 6.62. The van der Waals surface area contributed by atoms with Gasteiger partial charge in [-0.3, -0.25) is 4.55 Å². The molecule has 0 aliphatic rings. The van der Waals surface area contributed by atoms with Gasteiger partial charge >= 0.3 is 10.3 Å². The quantitative estimate of drug-likeness (QED) is 0.377. The molecule has 0 aromatic heterocycles. The summed E-state index contributed by atoms with van der Waals surface area (Å²) in [5.74, 6) is 1.97. The number of hydrogen-bond donors (Lipinski definition) is 2. The van der Waals surface area contributed by atoms with Crippen molar-refractivity contribution in [2.45, 2.75) is 0 Å². The Kier molecular flexibility index (Phi) is 2.48. The third kappa shape index (κ3) is 5.43. The Bertz CT molecular complexity index is 187. The van der Waals surface area contributed by atoms with Crippen LogP contribution < -0.4 is 4.72 Å². The number of hydrogen-bond acceptors (Lipinski definition) is 2. The van der Waals surface area contributed by atoms with Gasteiger partial charge in [0.1, 0.15) is 0 Å². The molecule has 0 unspecified atom stereocenters. The van der Waals surface area contributed by atoms with E-state index in [1.807, 2.05) is 5.92 Å². The lowest BCUT2D eigenvalue weighted by molar-refractivity contribution is 0.471. The van der Waals surface area contributed by atoms with E-state index in [1.165, 1.54) is 0 Å². The molecular formula is C3H5NO3S. The van der Waals surface area contributed by atoms with E-state index in [1.54, 1.807) is 4.72 Å². The molecule has 0 atom stereocenters. The molecule has 46 valence electrons. The van der Waals surface area contributed by atoms with Crippen molar-refractivity contribution in [1.82, 2.24) is 4.72 Å². The highest BCUT2D eigenvalue weighted by atomic mass is 32.2. The summed E-state index contributed by atoms with van der Waals surface area (Å²) < 4.78 is 29.1. The van der Waals surface area contributed by atoms with Crippen LogP contribution in [0.3, 0.4) is 0 Å². The van der Waals surface area contributed by atoms with Gasteiger partial charge in [0.15, 0.2) is 0 Å². The molecule has 0 fully saturated rings. The van der Waals surface area contributed by atoms with Gasteiger partial charge in [-0.2, -0.15) is 13.1 Å². The van der Waals surface area contributed by atoms with Gasteiger partial charge in [0.05, 0.1) is 6.54 Å². The normalized spacial score (nSPS) is 10.5. The molecule has 0 aromatic rings. The lowest BCUT2D eigenvalue weighted by Gasteiger charge is -1.89. The smallest absolute Gasteiger partial charge is 0.273 e. The Morgan fingerprint density at radius 1 is 1.75 bits per heavy atom. The minimum absolute atomic E-state index is 0.182. The average molecular weight is 135 g/mol. The molecule has 0 rings (SSSR count). The maximum Gasteiger partial charge on any atom is 0.334 e. The molecule has 0 aliphatic heterocycles. The summed E-state index contributed by atoms with van der Waals surface area (Å²) in [5, 5.41) is 0. The average Bonchev–Trinajstić information content (AvgIpc) is 1.59. The van der Waals surface area contributed by atoms with Gasteiger partial charge in [0, 0.05) is 0 Å². The first-order valence-corrected chi connectivity index (χ1v) is 3.16. The predicted molar refractivity (Wildman–Crippen MR) is 28.4 cm³/mol. The summed E-state index contributed by atoms with van der Waals surface area (Å²) in [6, 6.07) is 0. The van der Waals surface area contributed by atoms with Gasteiger partial charge in [-0.05, 0) is 0 Å². The Morgan fingerprint density at radius 2 is 2.25 bits per heavy atom. The van der Waals surface area contributed by atoms with Crippen molar-refractivity contribution in [3.63, 3.8) is 0 Å². The Balaban J connectivity index is 3.63. The summed E-state index contributed by atoms with van der Waals surface area (Å²) in [5.41, 5.74) is 0. The Labute approximate surface area is 47.8 Å². The first-order valence-electron chi connectivity index (χ1n) is 1.72. The Hall–Kier alpha value is -0.570. The van der Waals surface area contributed by atoms with Crippen LogP contribution in [0.25, 0.3) is 0 Å². The highest BCUT2D eigenvalue weighted by molar-refractivity contribution is 7.83. The van der Waals surface area contributed by atoms with Crippen molar-refractivity contribution in [1.29, 1.82) is 0 Å². The number of rotatable bonds is 2. The van der Waals surface area contributed by atoms with Crippen molar-refractivity contribution in [2.75, 3.05) is 6.54 Å². The van der Waals surface area contributed by atoms with Crippen LogP contribution >= 0.6 is 0 Å². The number of nitrogens with one attached hydrogen (secondary N) is 1. The van der Waals surface area contributed by atoms with Crippen LogP contribution in [0.4, 0.5) is 0 Å². The second-order valence-corrected chi connectivity index (χ2v) is 2.24. The third-order valence-corrected chi connectivity index (χ3v) is 0.866. The van der Waals surface area contributed by atoms with Gasteiger partial charge in [0.25, 0.3) is 0 Å². The maximum absolute atomic E-state index is 9.74. The largest absolute Gasteiger partial charge is 0.334 e. The first-order chi connectivity index (χ1) is 3.56. The maximum atomic E-state index is 9.74. The second kappa shape index (κ2) is 2.67. The molecular weight excluding hydrogens is 130 g/mol. The fourth-order valence-electron chi connectivity index (χ4n) is 0.133. The molecule has 0 aliphatic carbocycles. The summed E-state index contributed by atoms with van der Waals surface area (Å²) >= 11 is 0. The van der Waals surface area contributed by atoms with Gasteiger partial charge < -0.3 is 0 Å². The molecule has 0 saturated heterocycles. The van der Waals surface area contributed by atoms with Gasteiger partial charge in [-0.1, -0.05) is 5.92 Å². The number of terminal acetylenes is 1. The SMILES string of the molecule is C#CCNS(=O)(=O)O. The molecule has 5 heteroatoms. The fourth-order valence-corrected chi connectivity index (χ4v) is 0.399. The van der Waals surface area contributed by atoms with Crippen molar-refractivity contribution in [2.24, 2.45) is 0 Å². The molecule has 8 heavy (non-hydrogen) atoms. The van der Waals surface area contributed by atoms with E-state index in [9.17, 15) is 8.42 Å². The minimum atomic E-state index is -4.08. The predicted octanol–water partition coefficient (Wildman–Crippen LogP) is -0.988. The molecule has 0 amide bonds. The van der Waals surface area contributed by atoms with Gasteiger partial charge in [0.2, 0.25) is 0 Å². The van der Waals surface area contributed by atoms with Crippen LogP contribution in [-0.2, 0) is 10.3 Å². The highest BCUT2D eigenvalue weighted by Crippen LogP contribution is 1.67. The molecule has 4 nitrogen and oxygen atoms in total. The summed E-state index contributed by atoms with van der Waals surface area (Å²) in [6.45, 7) is -0.182. The zero-order valence-corrected chi connectivity index (χ0v) is 4.77. The van der Waals surface area contributed by atoms with E-state index in [-0.39, 0.29) is 6.54 Å². The lowest BCUT2D eigenvalue weighted by atomic mass is 10.7. The molecule has 0 bridgehead atoms. The van der Waals surface area contributed by atoms with Crippen LogP contribution in [-0.4, -0.2) is 19.5 Å². The van der Waals surface area contributed by atoms with E-state index in [4.69, 9.17) is 4.55 Å². The van der Waals surface area contributed by atoms with E-state index in [0.29, 0.717) is 0 Å². The summed E-state index contributed by atoms with van der Waals surface area (Å²) in [7, 11) is -4.08. The molecule has 0 spiro atoms. The molecule has 0 aromatic carbocycles. The van der Waals surface area contributed by atoms with Crippen molar-refractivity contribution in [3.05, 3.63) is 0 Å². The van der Waals surface area contributed by atoms with Crippen LogP contribution in [0, 0.1) is 12.3 Å². The molecule has 0 radical (unpaired) electrons. The molecule has 2 N–H and O–H groups in total. The zero-order valence-electron chi connectivity index (χ0n) is 3.96.